The van der Waals surface area contributed by atoms with Crippen LogP contribution in [0.4, 0.5) is 0 Å². The molecule has 1 aliphatic heterocycles. The van der Waals surface area contributed by atoms with E-state index < -0.39 is 0 Å². The molecule has 1 aromatic heterocycles. The van der Waals surface area contributed by atoms with Crippen molar-refractivity contribution in [2.24, 2.45) is 12.0 Å². The maximum atomic E-state index is 5.94. The number of aromatic nitrogens is 3. The average molecular weight is 447 g/mol. The highest BCUT2D eigenvalue weighted by molar-refractivity contribution is 7.98. The standard InChI is InChI=1S/C22H34N6O2S/c1-6-29-19-11-17-10-15(2)30-20(17)12-18(19)13-24-22(23-8-7-9-31-5)25-14-21-27-26-16(3)28(21)4/h11-12,15H,6-10,13-14H2,1-5H3,(H2,23,24,25). The predicted molar refractivity (Wildman–Crippen MR) is 126 cm³/mol. The van der Waals surface area contributed by atoms with E-state index in [1.807, 2.05) is 37.2 Å². The zero-order valence-electron chi connectivity index (χ0n) is 19.2. The van der Waals surface area contributed by atoms with Crippen molar-refractivity contribution in [1.82, 2.24) is 25.4 Å². The molecule has 1 aromatic carbocycles. The number of guanidine groups is 1. The summed E-state index contributed by atoms with van der Waals surface area (Å²) in [5, 5.41) is 15.2. The van der Waals surface area contributed by atoms with E-state index in [1.165, 1.54) is 5.56 Å². The summed E-state index contributed by atoms with van der Waals surface area (Å²) in [6.45, 7) is 8.56. The van der Waals surface area contributed by atoms with E-state index in [0.29, 0.717) is 19.7 Å². The quantitative estimate of drug-likeness (QED) is 0.330. The first-order valence-corrected chi connectivity index (χ1v) is 12.2. The van der Waals surface area contributed by atoms with Crippen molar-refractivity contribution in [3.8, 4) is 11.5 Å². The van der Waals surface area contributed by atoms with E-state index in [9.17, 15) is 0 Å². The number of hydrogen-bond donors (Lipinski definition) is 2. The number of hydrogen-bond acceptors (Lipinski definition) is 6. The van der Waals surface area contributed by atoms with Crippen molar-refractivity contribution >= 4 is 17.7 Å². The third-order valence-corrected chi connectivity index (χ3v) is 5.90. The zero-order valence-corrected chi connectivity index (χ0v) is 20.0. The second kappa shape index (κ2) is 11.3. The van der Waals surface area contributed by atoms with E-state index >= 15 is 0 Å². The molecule has 0 fully saturated rings. The summed E-state index contributed by atoms with van der Waals surface area (Å²) in [7, 11) is 1.97. The summed E-state index contributed by atoms with van der Waals surface area (Å²) in [6, 6.07) is 4.18. The Morgan fingerprint density at radius 1 is 1.35 bits per heavy atom. The van der Waals surface area contributed by atoms with Gasteiger partial charge in [0, 0.05) is 31.1 Å². The second-order valence-corrected chi connectivity index (χ2v) is 8.63. The fraction of sp³-hybridized carbons (Fsp3) is 0.591. The molecule has 0 bridgehead atoms. The van der Waals surface area contributed by atoms with Crippen LogP contribution in [0, 0.1) is 6.92 Å². The zero-order chi connectivity index (χ0) is 22.2. The van der Waals surface area contributed by atoms with Gasteiger partial charge in [-0.25, -0.2) is 4.99 Å². The summed E-state index contributed by atoms with van der Waals surface area (Å²) in [5.41, 5.74) is 2.23. The highest BCUT2D eigenvalue weighted by atomic mass is 32.2. The molecule has 31 heavy (non-hydrogen) atoms. The molecule has 0 amide bonds. The van der Waals surface area contributed by atoms with Crippen LogP contribution in [0.2, 0.25) is 0 Å². The minimum atomic E-state index is 0.202. The minimum Gasteiger partial charge on any atom is -0.494 e. The van der Waals surface area contributed by atoms with Gasteiger partial charge in [0.2, 0.25) is 0 Å². The van der Waals surface area contributed by atoms with Crippen molar-refractivity contribution in [2.75, 3.05) is 25.2 Å². The highest BCUT2D eigenvalue weighted by Crippen LogP contribution is 2.35. The smallest absolute Gasteiger partial charge is 0.191 e. The van der Waals surface area contributed by atoms with Crippen LogP contribution in [0.5, 0.6) is 11.5 Å². The summed E-state index contributed by atoms with van der Waals surface area (Å²) in [5.74, 6) is 5.44. The number of aryl methyl sites for hydroxylation is 1. The van der Waals surface area contributed by atoms with Crippen molar-refractivity contribution in [2.45, 2.75) is 52.8 Å². The van der Waals surface area contributed by atoms with Gasteiger partial charge in [0.15, 0.2) is 11.8 Å². The maximum absolute atomic E-state index is 5.94. The lowest BCUT2D eigenvalue weighted by Gasteiger charge is -2.14. The molecule has 1 atom stereocenters. The SMILES string of the molecule is CCOc1cc2c(cc1CN=C(NCCCSC)NCc1nnc(C)n1C)OC(C)C2. The Kier molecular flexibility index (Phi) is 8.45. The average Bonchev–Trinajstić information content (AvgIpc) is 3.27. The van der Waals surface area contributed by atoms with Gasteiger partial charge in [0.25, 0.3) is 0 Å². The second-order valence-electron chi connectivity index (χ2n) is 7.65. The first kappa shape index (κ1) is 23.2. The Bertz CT molecular complexity index is 898. The lowest BCUT2D eigenvalue weighted by Crippen LogP contribution is -2.38. The molecule has 3 rings (SSSR count). The number of nitrogens with one attached hydrogen (secondary N) is 2. The van der Waals surface area contributed by atoms with Gasteiger partial charge in [-0.2, -0.15) is 11.8 Å². The van der Waals surface area contributed by atoms with Crippen LogP contribution in [-0.4, -0.2) is 52.0 Å². The van der Waals surface area contributed by atoms with E-state index in [0.717, 1.165) is 59.8 Å². The van der Waals surface area contributed by atoms with Crippen LogP contribution in [0.1, 0.15) is 43.0 Å². The molecule has 8 nitrogen and oxygen atoms in total. The summed E-state index contributed by atoms with van der Waals surface area (Å²) < 4.78 is 13.8. The Morgan fingerprint density at radius 2 is 2.19 bits per heavy atom. The van der Waals surface area contributed by atoms with E-state index in [-0.39, 0.29) is 6.10 Å². The Balaban J connectivity index is 1.74. The third kappa shape index (κ3) is 6.29. The van der Waals surface area contributed by atoms with Gasteiger partial charge >= 0.3 is 0 Å². The molecule has 0 saturated heterocycles. The van der Waals surface area contributed by atoms with Gasteiger partial charge in [-0.15, -0.1) is 10.2 Å². The van der Waals surface area contributed by atoms with Crippen molar-refractivity contribution in [3.63, 3.8) is 0 Å². The fourth-order valence-corrected chi connectivity index (χ4v) is 3.86. The Morgan fingerprint density at radius 3 is 2.90 bits per heavy atom. The van der Waals surface area contributed by atoms with Gasteiger partial charge in [0.1, 0.15) is 23.4 Å². The topological polar surface area (TPSA) is 85.6 Å². The number of nitrogens with zero attached hydrogens (tertiary/aromatic N) is 4. The molecule has 1 unspecified atom stereocenters. The van der Waals surface area contributed by atoms with Crippen LogP contribution in [0.15, 0.2) is 17.1 Å². The van der Waals surface area contributed by atoms with Crippen molar-refractivity contribution in [3.05, 3.63) is 34.9 Å². The van der Waals surface area contributed by atoms with Crippen LogP contribution in [-0.2, 0) is 26.6 Å². The number of benzene rings is 1. The number of fused-ring (bicyclic) bond motifs is 1. The van der Waals surface area contributed by atoms with E-state index in [2.05, 4.69) is 46.1 Å². The molecule has 9 heteroatoms. The number of ether oxygens (including phenoxy) is 2. The fourth-order valence-electron chi connectivity index (χ4n) is 3.42. The molecule has 1 aliphatic rings. The van der Waals surface area contributed by atoms with Crippen LogP contribution >= 0.6 is 11.8 Å². The molecule has 170 valence electrons. The van der Waals surface area contributed by atoms with E-state index in [4.69, 9.17) is 14.5 Å². The lowest BCUT2D eigenvalue weighted by molar-refractivity contribution is 0.254. The van der Waals surface area contributed by atoms with Gasteiger partial charge in [-0.3, -0.25) is 0 Å². The lowest BCUT2D eigenvalue weighted by atomic mass is 10.1. The molecule has 2 heterocycles. The Hall–Kier alpha value is -2.42. The van der Waals surface area contributed by atoms with E-state index in [1.54, 1.807) is 0 Å². The normalized spacial score (nSPS) is 15.5. The minimum absolute atomic E-state index is 0.202. The number of rotatable bonds is 10. The van der Waals surface area contributed by atoms with Crippen LogP contribution in [0.3, 0.4) is 0 Å². The Labute approximate surface area is 189 Å². The van der Waals surface area contributed by atoms with Crippen molar-refractivity contribution in [1.29, 1.82) is 0 Å². The molecule has 0 saturated carbocycles. The largest absolute Gasteiger partial charge is 0.494 e. The molecule has 0 aliphatic carbocycles. The predicted octanol–water partition coefficient (Wildman–Crippen LogP) is 2.83. The molecule has 2 N–H and O–H groups in total. The van der Waals surface area contributed by atoms with Gasteiger partial charge < -0.3 is 24.7 Å². The molecule has 0 spiro atoms. The first-order valence-electron chi connectivity index (χ1n) is 10.8. The van der Waals surface area contributed by atoms with Crippen LogP contribution < -0.4 is 20.1 Å². The monoisotopic (exact) mass is 446 g/mol. The van der Waals surface area contributed by atoms with Crippen LogP contribution in [0.25, 0.3) is 0 Å². The summed E-state index contributed by atoms with van der Waals surface area (Å²) >= 11 is 1.85. The van der Waals surface area contributed by atoms with Gasteiger partial charge in [-0.1, -0.05) is 0 Å². The number of aliphatic imine (C=N–C) groups is 1. The summed E-state index contributed by atoms with van der Waals surface area (Å²) in [4.78, 5) is 4.83. The van der Waals surface area contributed by atoms with Gasteiger partial charge in [-0.05, 0) is 51.3 Å². The summed E-state index contributed by atoms with van der Waals surface area (Å²) in [6.07, 6.45) is 4.31. The van der Waals surface area contributed by atoms with Gasteiger partial charge in [0.05, 0.1) is 19.7 Å². The maximum Gasteiger partial charge on any atom is 0.191 e. The molecule has 2 aromatic rings. The number of thioether (sulfide) groups is 1. The molecular formula is C22H34N6O2S. The van der Waals surface area contributed by atoms with Crippen molar-refractivity contribution < 1.29 is 9.47 Å². The first-order chi connectivity index (χ1) is 15.0. The highest BCUT2D eigenvalue weighted by Gasteiger charge is 2.21. The molecular weight excluding hydrogens is 412 g/mol. The molecule has 0 radical (unpaired) electrons. The third-order valence-electron chi connectivity index (χ3n) is 5.20.